The largest absolute Gasteiger partial charge is 0.205 e. The van der Waals surface area contributed by atoms with Gasteiger partial charge in [0, 0.05) is 37.1 Å². The Kier molecular flexibility index (Phi) is 102. The van der Waals surface area contributed by atoms with Crippen LogP contribution < -0.4 is 9.13 Å². The molecule has 0 spiro atoms. The van der Waals surface area contributed by atoms with Crippen molar-refractivity contribution >= 4 is 23.5 Å². The van der Waals surface area contributed by atoms with Crippen LogP contribution in [0.3, 0.4) is 0 Å². The Hall–Kier alpha value is -3.08. The molecule has 0 saturated heterocycles. The van der Waals surface area contributed by atoms with Crippen molar-refractivity contribution in [1.82, 2.24) is 0 Å². The molecule has 0 radical (unpaired) electrons. The molecule has 2 aliphatic carbocycles. The number of nitrogens with zero attached hydrogens (tertiary/aromatic N) is 2. The fourth-order valence-corrected chi connectivity index (χ4v) is 6.14. The molecule has 0 aliphatic heterocycles. The summed E-state index contributed by atoms with van der Waals surface area (Å²) in [6, 6.07) is 30.0. The minimum atomic E-state index is 1.14. The summed E-state index contributed by atoms with van der Waals surface area (Å²) >= 11 is 3.82. The van der Waals surface area contributed by atoms with Gasteiger partial charge in [0.1, 0.15) is 13.1 Å². The monoisotopic (exact) mass is 1050 g/mol. The number of pyridine rings is 2. The first-order chi connectivity index (χ1) is 35.5. The molecule has 2 aliphatic rings. The quantitative estimate of drug-likeness (QED) is 0.0987. The van der Waals surface area contributed by atoms with Crippen LogP contribution in [-0.2, 0) is 38.8 Å². The van der Waals surface area contributed by atoms with Gasteiger partial charge in [-0.1, -0.05) is 214 Å². The lowest BCUT2D eigenvalue weighted by molar-refractivity contribution is -0.697. The lowest BCUT2D eigenvalue weighted by Gasteiger charge is -2.13. The van der Waals surface area contributed by atoms with Gasteiger partial charge in [-0.25, -0.2) is 9.13 Å². The predicted octanol–water partition coefficient (Wildman–Crippen LogP) is 22.9. The van der Waals surface area contributed by atoms with E-state index in [-0.39, 0.29) is 0 Å². The van der Waals surface area contributed by atoms with Gasteiger partial charge >= 0.3 is 0 Å². The fourth-order valence-electron chi connectivity index (χ4n) is 5.30. The maximum absolute atomic E-state index is 2.26. The highest BCUT2D eigenvalue weighted by molar-refractivity contribution is 7.98. The van der Waals surface area contributed by atoms with Crippen LogP contribution in [0.5, 0.6) is 0 Å². The van der Waals surface area contributed by atoms with Crippen molar-refractivity contribution in [2.75, 3.05) is 24.0 Å². The molecule has 6 rings (SSSR count). The molecule has 4 heteroatoms. The van der Waals surface area contributed by atoms with E-state index in [4.69, 9.17) is 0 Å². The zero-order chi connectivity index (χ0) is 58.5. The Balaban J connectivity index is -0.0000000909. The molecule has 0 fully saturated rings. The van der Waals surface area contributed by atoms with Crippen molar-refractivity contribution in [3.63, 3.8) is 0 Å². The van der Waals surface area contributed by atoms with Crippen molar-refractivity contribution in [2.24, 2.45) is 0 Å². The molecule has 0 atom stereocenters. The summed E-state index contributed by atoms with van der Waals surface area (Å²) in [7, 11) is 0. The standard InChI is InChI=1S/2C10H12.2C9H14NS.2C6H12.C3H8.8C2H6/c2*1-2-6-10-8-4-3-7-9(10)5-1;2*1-11-9-5-8-10-6-3-2-4-7-10;2*1-5(2)6(3)4;1-3-2;8*1-2/h2*1-2,5-6H,3-4,7-8H2;2*2-4,6-7H,5,8-9H2,1H3;2*1-4H3;3H2,1-2H3;8*1-2H3/q;;2*+1;;;;;;;;;;;. The van der Waals surface area contributed by atoms with Crippen molar-refractivity contribution in [2.45, 2.75) is 264 Å². The summed E-state index contributed by atoms with van der Waals surface area (Å²) in [6.45, 7) is 55.5. The molecule has 73 heavy (non-hydrogen) atoms. The summed E-state index contributed by atoms with van der Waals surface area (Å²) in [4.78, 5) is 0. The number of hydrogen-bond donors (Lipinski definition) is 0. The first-order valence-corrected chi connectivity index (χ1v) is 32.5. The number of hydrogen-bond acceptors (Lipinski definition) is 2. The molecule has 0 N–H and O–H groups in total. The van der Waals surface area contributed by atoms with E-state index in [2.05, 4.69) is 188 Å². The van der Waals surface area contributed by atoms with Crippen molar-refractivity contribution in [3.8, 4) is 0 Å². The molecule has 2 aromatic heterocycles. The minimum absolute atomic E-state index is 1.14. The number of benzene rings is 2. The van der Waals surface area contributed by atoms with Crippen LogP contribution in [0, 0.1) is 0 Å². The van der Waals surface area contributed by atoms with E-state index in [1.807, 2.05) is 146 Å². The van der Waals surface area contributed by atoms with Crippen LogP contribution in [0.4, 0.5) is 0 Å². The van der Waals surface area contributed by atoms with Crippen molar-refractivity contribution < 1.29 is 9.13 Å². The van der Waals surface area contributed by atoms with Gasteiger partial charge in [0.2, 0.25) is 0 Å². The molecule has 0 unspecified atom stereocenters. The molecule has 0 bridgehead atoms. The Morgan fingerprint density at radius 1 is 0.342 bits per heavy atom. The van der Waals surface area contributed by atoms with E-state index in [1.54, 1.807) is 22.3 Å². The van der Waals surface area contributed by atoms with Crippen molar-refractivity contribution in [3.05, 3.63) is 154 Å². The number of thioether (sulfide) groups is 2. The Bertz CT molecular complexity index is 1370. The number of aromatic nitrogens is 2. The maximum Gasteiger partial charge on any atom is 0.168 e. The maximum atomic E-state index is 2.26. The Labute approximate surface area is 472 Å². The highest BCUT2D eigenvalue weighted by Gasteiger charge is 2.07. The zero-order valence-corrected chi connectivity index (χ0v) is 56.3. The second-order valence-corrected chi connectivity index (χ2v) is 17.5. The van der Waals surface area contributed by atoms with Crippen molar-refractivity contribution in [1.29, 1.82) is 0 Å². The van der Waals surface area contributed by atoms with E-state index in [9.17, 15) is 0 Å². The van der Waals surface area contributed by atoms with E-state index in [0.29, 0.717) is 0 Å². The van der Waals surface area contributed by atoms with Gasteiger partial charge in [-0.2, -0.15) is 23.5 Å². The average molecular weight is 1050 g/mol. The molecule has 2 aromatic carbocycles. The summed E-state index contributed by atoms with van der Waals surface area (Å²) < 4.78 is 4.44. The summed E-state index contributed by atoms with van der Waals surface area (Å²) in [5.74, 6) is 2.50. The lowest BCUT2D eigenvalue weighted by atomic mass is 9.92. The van der Waals surface area contributed by atoms with E-state index in [0.717, 1.165) is 13.1 Å². The normalized spacial score (nSPS) is 9.70. The smallest absolute Gasteiger partial charge is 0.168 e. The minimum Gasteiger partial charge on any atom is -0.205 e. The van der Waals surface area contributed by atoms with Gasteiger partial charge in [-0.05, 0) is 153 Å². The molecular formula is C69H132N2S2+2. The molecular weight excluding hydrogens is 921 g/mol. The molecule has 4 aromatic rings. The van der Waals surface area contributed by atoms with Crippen LogP contribution >= 0.6 is 23.5 Å². The van der Waals surface area contributed by atoms with Gasteiger partial charge in [0.15, 0.2) is 24.8 Å². The third-order valence-corrected chi connectivity index (χ3v) is 11.0. The summed E-state index contributed by atoms with van der Waals surface area (Å²) in [5, 5.41) is 0. The molecule has 2 nitrogen and oxygen atoms in total. The third kappa shape index (κ3) is 68.9. The van der Waals surface area contributed by atoms with Gasteiger partial charge in [-0.15, -0.1) is 0 Å². The van der Waals surface area contributed by atoms with Gasteiger partial charge < -0.3 is 0 Å². The Morgan fingerprint density at radius 2 is 0.534 bits per heavy atom. The number of rotatable bonds is 8. The van der Waals surface area contributed by atoms with E-state index in [1.165, 1.54) is 104 Å². The fraction of sp³-hybridized carbons (Fsp3) is 0.623. The second kappa shape index (κ2) is 82.9. The van der Waals surface area contributed by atoms with Gasteiger partial charge in [-0.3, -0.25) is 0 Å². The summed E-state index contributed by atoms with van der Waals surface area (Å²) in [6.07, 6.45) is 27.3. The van der Waals surface area contributed by atoms with Gasteiger partial charge in [0.25, 0.3) is 0 Å². The first-order valence-electron chi connectivity index (χ1n) is 29.7. The van der Waals surface area contributed by atoms with Crippen LogP contribution in [0.1, 0.15) is 247 Å². The molecule has 428 valence electrons. The highest BCUT2D eigenvalue weighted by atomic mass is 32.2. The van der Waals surface area contributed by atoms with Crippen LogP contribution in [0.25, 0.3) is 0 Å². The van der Waals surface area contributed by atoms with Crippen LogP contribution in [0.15, 0.2) is 132 Å². The van der Waals surface area contributed by atoms with Crippen LogP contribution in [-0.4, -0.2) is 24.0 Å². The second-order valence-electron chi connectivity index (χ2n) is 15.6. The first kappa shape index (κ1) is 89.5. The van der Waals surface area contributed by atoms with E-state index >= 15 is 0 Å². The highest BCUT2D eigenvalue weighted by Crippen LogP contribution is 2.20. The molecule has 0 amide bonds. The number of fused-ring (bicyclic) bond motifs is 2. The topological polar surface area (TPSA) is 7.76 Å². The van der Waals surface area contributed by atoms with Crippen LogP contribution in [0.2, 0.25) is 0 Å². The molecule has 2 heterocycles. The average Bonchev–Trinajstić information content (AvgIpc) is 3.47. The SMILES string of the molecule is CC.CC.CC.CC.CC.CC.CC.CC.CC(C)=C(C)C.CC(C)=C(C)C.CCC.CSCCC[n+]1ccccc1.CSCCC[n+]1ccccc1.c1ccc2c(c1)CCCC2.c1ccc2c(c1)CCCC2. The Morgan fingerprint density at radius 3 is 0.699 bits per heavy atom. The number of aryl methyl sites for hydroxylation is 6. The summed E-state index contributed by atoms with van der Waals surface area (Å²) in [5.41, 5.74) is 12.0. The third-order valence-electron chi connectivity index (χ3n) is 9.61. The lowest BCUT2D eigenvalue weighted by Crippen LogP contribution is -2.32. The van der Waals surface area contributed by atoms with Gasteiger partial charge in [0.05, 0.1) is 0 Å². The zero-order valence-electron chi connectivity index (χ0n) is 54.7. The van der Waals surface area contributed by atoms with E-state index < -0.39 is 0 Å². The molecule has 0 saturated carbocycles. The predicted molar refractivity (Wildman–Crippen MR) is 352 cm³/mol. The number of allylic oxidation sites excluding steroid dienone is 4.